The van der Waals surface area contributed by atoms with Gasteiger partial charge in [0, 0.05) is 28.2 Å². The first-order valence-corrected chi connectivity index (χ1v) is 12.8. The van der Waals surface area contributed by atoms with E-state index in [1.807, 2.05) is 52.5 Å². The van der Waals surface area contributed by atoms with Crippen molar-refractivity contribution in [2.75, 3.05) is 28.2 Å². The molecule has 0 spiro atoms. The molecule has 0 unspecified atom stereocenters. The van der Waals surface area contributed by atoms with Crippen LogP contribution in [0.3, 0.4) is 0 Å². The maximum atomic E-state index is 5.87. The molecule has 1 aliphatic carbocycles. The Hall–Kier alpha value is -3.74. The summed E-state index contributed by atoms with van der Waals surface area (Å²) in [5.74, 6) is 1.41. The van der Waals surface area contributed by atoms with E-state index in [-0.39, 0.29) is 0 Å². The molecule has 1 aliphatic rings. The largest absolute Gasteiger partial charge is 0.432 e. The highest BCUT2D eigenvalue weighted by molar-refractivity contribution is 7.80. The van der Waals surface area contributed by atoms with Crippen molar-refractivity contribution in [2.24, 2.45) is 0 Å². The molecule has 0 fully saturated rings. The minimum Gasteiger partial charge on any atom is -0.432 e. The van der Waals surface area contributed by atoms with Crippen molar-refractivity contribution in [1.29, 1.82) is 0 Å². The number of nitrogens with zero attached hydrogens (tertiary/aromatic N) is 2. The third kappa shape index (κ3) is 4.37. The normalized spacial score (nSPS) is 12.8. The van der Waals surface area contributed by atoms with Crippen molar-refractivity contribution in [1.82, 2.24) is 9.80 Å². The van der Waals surface area contributed by atoms with Gasteiger partial charge in [-0.15, -0.1) is 0 Å². The highest BCUT2D eigenvalue weighted by Gasteiger charge is 2.45. The van der Waals surface area contributed by atoms with Gasteiger partial charge >= 0.3 is 0 Å². The molecule has 0 saturated carbocycles. The molecule has 4 aromatic carbocycles. The smallest absolute Gasteiger partial charge is 0.264 e. The second-order valence-corrected chi connectivity index (χ2v) is 10.1. The van der Waals surface area contributed by atoms with Crippen LogP contribution in [0, 0.1) is 0 Å². The molecule has 0 aliphatic heterocycles. The third-order valence-corrected chi connectivity index (χ3v) is 7.56. The van der Waals surface area contributed by atoms with Crippen LogP contribution in [0.1, 0.15) is 22.3 Å². The van der Waals surface area contributed by atoms with E-state index in [0.717, 1.165) is 11.1 Å². The van der Waals surface area contributed by atoms with Gasteiger partial charge in [-0.2, -0.15) is 0 Å². The molecule has 0 amide bonds. The lowest BCUT2D eigenvalue weighted by Crippen LogP contribution is -2.29. The van der Waals surface area contributed by atoms with Gasteiger partial charge in [-0.3, -0.25) is 0 Å². The van der Waals surface area contributed by atoms with E-state index in [1.54, 1.807) is 9.80 Å². The monoisotopic (exact) mass is 524 g/mol. The summed E-state index contributed by atoms with van der Waals surface area (Å²) in [5, 5.41) is 0.843. The molecule has 0 N–H and O–H groups in total. The zero-order valence-electron chi connectivity index (χ0n) is 21.3. The maximum Gasteiger partial charge on any atom is 0.264 e. The van der Waals surface area contributed by atoms with E-state index >= 15 is 0 Å². The Bertz CT molecular complexity index is 1350. The van der Waals surface area contributed by atoms with E-state index in [4.69, 9.17) is 33.9 Å². The number of fused-ring (bicyclic) bond motifs is 3. The first kappa shape index (κ1) is 24.9. The van der Waals surface area contributed by atoms with E-state index < -0.39 is 5.41 Å². The summed E-state index contributed by atoms with van der Waals surface area (Å²) in [6, 6.07) is 33.8. The van der Waals surface area contributed by atoms with Crippen LogP contribution in [0.2, 0.25) is 0 Å². The quantitative estimate of drug-likeness (QED) is 0.249. The Morgan fingerprint density at radius 3 is 1.24 bits per heavy atom. The van der Waals surface area contributed by atoms with Crippen LogP contribution in [0.25, 0.3) is 11.1 Å². The summed E-state index contributed by atoms with van der Waals surface area (Å²) in [7, 11) is 7.49. The number of benzene rings is 4. The van der Waals surface area contributed by atoms with Gasteiger partial charge in [-0.1, -0.05) is 72.8 Å². The predicted octanol–water partition coefficient (Wildman–Crippen LogP) is 6.50. The highest BCUT2D eigenvalue weighted by atomic mass is 32.1. The first-order valence-electron chi connectivity index (χ1n) is 12.0. The third-order valence-electron chi connectivity index (χ3n) is 6.67. The molecule has 0 saturated heterocycles. The van der Waals surface area contributed by atoms with Crippen LogP contribution >= 0.6 is 24.4 Å². The fraction of sp³-hybridized carbons (Fsp3) is 0.161. The number of thiocarbonyl (C=S) groups is 2. The van der Waals surface area contributed by atoms with Gasteiger partial charge in [0.05, 0.1) is 5.41 Å². The van der Waals surface area contributed by atoms with Crippen LogP contribution in [-0.2, 0) is 5.41 Å². The van der Waals surface area contributed by atoms with Crippen molar-refractivity contribution in [3.8, 4) is 22.6 Å². The number of ether oxygens (including phenoxy) is 2. The molecule has 0 atom stereocenters. The molecule has 37 heavy (non-hydrogen) atoms. The van der Waals surface area contributed by atoms with Gasteiger partial charge in [0.15, 0.2) is 0 Å². The van der Waals surface area contributed by atoms with E-state index in [2.05, 4.69) is 72.8 Å². The van der Waals surface area contributed by atoms with Crippen LogP contribution in [-0.4, -0.2) is 48.3 Å². The zero-order chi connectivity index (χ0) is 26.2. The summed E-state index contributed by atoms with van der Waals surface area (Å²) in [6.07, 6.45) is 0. The number of rotatable bonds is 4. The fourth-order valence-corrected chi connectivity index (χ4v) is 5.15. The topological polar surface area (TPSA) is 24.9 Å². The zero-order valence-corrected chi connectivity index (χ0v) is 22.9. The Kier molecular flexibility index (Phi) is 6.71. The fourth-order valence-electron chi connectivity index (χ4n) is 4.95. The van der Waals surface area contributed by atoms with Crippen molar-refractivity contribution in [3.63, 3.8) is 0 Å². The summed E-state index contributed by atoms with van der Waals surface area (Å²) < 4.78 is 11.7. The van der Waals surface area contributed by atoms with Crippen molar-refractivity contribution in [3.05, 3.63) is 119 Å². The molecule has 0 aromatic heterocycles. The maximum absolute atomic E-state index is 5.87. The lowest BCUT2D eigenvalue weighted by Gasteiger charge is -2.34. The summed E-state index contributed by atoms with van der Waals surface area (Å²) in [5.41, 5.74) is 6.74. The lowest BCUT2D eigenvalue weighted by atomic mass is 9.68. The second-order valence-electron chi connectivity index (χ2n) is 9.41. The molecule has 6 heteroatoms. The molecule has 0 heterocycles. The number of hydrogen-bond acceptors (Lipinski definition) is 4. The Balaban J connectivity index is 1.68. The van der Waals surface area contributed by atoms with Crippen LogP contribution in [0.5, 0.6) is 11.5 Å². The Morgan fingerprint density at radius 2 is 0.892 bits per heavy atom. The van der Waals surface area contributed by atoms with Gasteiger partial charge in [0.2, 0.25) is 0 Å². The van der Waals surface area contributed by atoms with Gasteiger partial charge in [-0.05, 0) is 82.1 Å². The minimum absolute atomic E-state index is 0.422. The van der Waals surface area contributed by atoms with Gasteiger partial charge < -0.3 is 19.3 Å². The van der Waals surface area contributed by atoms with E-state index in [0.29, 0.717) is 21.8 Å². The molecule has 0 radical (unpaired) electrons. The van der Waals surface area contributed by atoms with E-state index in [1.165, 1.54) is 22.3 Å². The standard InChI is InChI=1S/C31H28N2O2S2/c1-32(2)29(36)34-23-17-13-21(14-18-23)31(22-15-19-24(20-16-22)35-30(37)33(3)4)27-11-7-5-9-25(27)26-10-6-8-12-28(26)31/h5-20H,1-4H3. The number of hydrogen-bond donors (Lipinski definition) is 0. The lowest BCUT2D eigenvalue weighted by molar-refractivity contribution is 0.449. The molecule has 4 nitrogen and oxygen atoms in total. The van der Waals surface area contributed by atoms with E-state index in [9.17, 15) is 0 Å². The Labute approximate surface area is 229 Å². The van der Waals surface area contributed by atoms with Crippen LogP contribution in [0.4, 0.5) is 0 Å². The second kappa shape index (κ2) is 9.96. The SMILES string of the molecule is CN(C)C(=S)Oc1ccc(C2(c3ccc(OC(=S)N(C)C)cc3)c3ccccc3-c3ccccc32)cc1. The van der Waals surface area contributed by atoms with Gasteiger partial charge in [-0.25, -0.2) is 0 Å². The van der Waals surface area contributed by atoms with Crippen LogP contribution < -0.4 is 9.47 Å². The van der Waals surface area contributed by atoms with Gasteiger partial charge in [0.1, 0.15) is 11.5 Å². The average molecular weight is 525 g/mol. The van der Waals surface area contributed by atoms with Crippen molar-refractivity contribution < 1.29 is 9.47 Å². The predicted molar refractivity (Wildman–Crippen MR) is 158 cm³/mol. The molecule has 0 bridgehead atoms. The molecular formula is C31H28N2O2S2. The van der Waals surface area contributed by atoms with Crippen molar-refractivity contribution in [2.45, 2.75) is 5.41 Å². The molecule has 5 rings (SSSR count). The molecule has 186 valence electrons. The van der Waals surface area contributed by atoms with Crippen LogP contribution in [0.15, 0.2) is 97.1 Å². The minimum atomic E-state index is -0.506. The first-order chi connectivity index (χ1) is 17.8. The molecule has 4 aromatic rings. The highest BCUT2D eigenvalue weighted by Crippen LogP contribution is 2.56. The molecular weight excluding hydrogens is 496 g/mol. The van der Waals surface area contributed by atoms with Gasteiger partial charge in [0.25, 0.3) is 10.3 Å². The summed E-state index contributed by atoms with van der Waals surface area (Å²) >= 11 is 10.7. The Morgan fingerprint density at radius 1 is 0.541 bits per heavy atom. The average Bonchev–Trinajstić information content (AvgIpc) is 3.21. The van der Waals surface area contributed by atoms with Crippen molar-refractivity contribution >= 4 is 34.8 Å². The summed E-state index contributed by atoms with van der Waals surface area (Å²) in [6.45, 7) is 0. The summed E-state index contributed by atoms with van der Waals surface area (Å²) in [4.78, 5) is 3.56.